The predicted molar refractivity (Wildman–Crippen MR) is 99.6 cm³/mol. The molecule has 1 aliphatic rings. The molecule has 1 fully saturated rings. The maximum atomic E-state index is 6.00. The van der Waals surface area contributed by atoms with E-state index in [1.54, 1.807) is 12.4 Å². The molecule has 3 N–H and O–H groups in total. The van der Waals surface area contributed by atoms with E-state index in [1.807, 2.05) is 29.1 Å². The molecule has 3 aromatic rings. The quantitative estimate of drug-likeness (QED) is 0.549. The first-order valence-electron chi connectivity index (χ1n) is 8.46. The van der Waals surface area contributed by atoms with Crippen molar-refractivity contribution >= 4 is 23.2 Å². The number of nitrogens with two attached hydrogens (primary N) is 1. The van der Waals surface area contributed by atoms with Gasteiger partial charge in [0.2, 0.25) is 0 Å². The monoisotopic (exact) mass is 355 g/mol. The van der Waals surface area contributed by atoms with Gasteiger partial charge < -0.3 is 11.1 Å². The molecule has 0 unspecified atom stereocenters. The van der Waals surface area contributed by atoms with Gasteiger partial charge in [-0.3, -0.25) is 4.40 Å². The van der Waals surface area contributed by atoms with Gasteiger partial charge in [-0.25, -0.2) is 19.9 Å². The van der Waals surface area contributed by atoms with Crippen LogP contribution in [-0.2, 0) is 0 Å². The number of thioether (sulfide) groups is 1. The van der Waals surface area contributed by atoms with Crippen LogP contribution in [0.1, 0.15) is 25.7 Å². The Balaban J connectivity index is 1.66. The second kappa shape index (κ2) is 6.97. The number of rotatable bonds is 4. The molecule has 0 aromatic carbocycles. The Morgan fingerprint density at radius 3 is 2.80 bits per heavy atom. The Labute approximate surface area is 150 Å². The zero-order chi connectivity index (χ0) is 17.2. The van der Waals surface area contributed by atoms with Crippen molar-refractivity contribution in [3.8, 4) is 11.4 Å². The van der Waals surface area contributed by atoms with Crippen LogP contribution in [-0.4, -0.2) is 42.7 Å². The lowest BCUT2D eigenvalue weighted by Gasteiger charge is -2.27. The van der Waals surface area contributed by atoms with Crippen LogP contribution in [0, 0.1) is 0 Å². The zero-order valence-corrected chi connectivity index (χ0v) is 14.9. The minimum atomic E-state index is 0.336. The van der Waals surface area contributed by atoms with Crippen molar-refractivity contribution in [2.75, 3.05) is 11.6 Å². The second-order valence-electron chi connectivity index (χ2n) is 6.30. The van der Waals surface area contributed by atoms with E-state index >= 15 is 0 Å². The lowest BCUT2D eigenvalue weighted by Crippen LogP contribution is -2.33. The number of hydrogen-bond acceptors (Lipinski definition) is 7. The normalized spacial score (nSPS) is 20.7. The lowest BCUT2D eigenvalue weighted by molar-refractivity contribution is 0.410. The molecular formula is C17H21N7S. The van der Waals surface area contributed by atoms with Crippen molar-refractivity contribution in [3.63, 3.8) is 0 Å². The third kappa shape index (κ3) is 3.32. The van der Waals surface area contributed by atoms with E-state index in [9.17, 15) is 0 Å². The van der Waals surface area contributed by atoms with Crippen molar-refractivity contribution in [2.45, 2.75) is 42.9 Å². The van der Waals surface area contributed by atoms with Crippen LogP contribution in [0.25, 0.3) is 17.0 Å². The Kier molecular flexibility index (Phi) is 4.54. The third-order valence-corrected chi connectivity index (χ3v) is 5.18. The molecule has 1 saturated carbocycles. The van der Waals surface area contributed by atoms with Crippen LogP contribution >= 0.6 is 11.8 Å². The van der Waals surface area contributed by atoms with Crippen LogP contribution in [0.2, 0.25) is 0 Å². The second-order valence-corrected chi connectivity index (χ2v) is 7.07. The maximum Gasteiger partial charge on any atom is 0.187 e. The van der Waals surface area contributed by atoms with Gasteiger partial charge in [0.1, 0.15) is 0 Å². The van der Waals surface area contributed by atoms with Gasteiger partial charge in [0.05, 0.1) is 17.6 Å². The molecule has 1 aliphatic carbocycles. The molecule has 4 rings (SSSR count). The standard InChI is InChI=1S/C17H21N7S/c1-25-17-20-7-6-13(23-17)14-10-21-16-15(19-8-9-24(14)16)22-12-4-2-11(18)3-5-12/h6-12H,2-5,18H2,1H3,(H,19,22). The number of imidazole rings is 1. The molecule has 7 nitrogen and oxygen atoms in total. The number of nitrogens with zero attached hydrogens (tertiary/aromatic N) is 5. The molecule has 0 atom stereocenters. The molecule has 0 aliphatic heterocycles. The van der Waals surface area contributed by atoms with Gasteiger partial charge in [0, 0.05) is 30.7 Å². The summed E-state index contributed by atoms with van der Waals surface area (Å²) in [5, 5.41) is 4.29. The Bertz CT molecular complexity index is 870. The van der Waals surface area contributed by atoms with E-state index in [1.165, 1.54) is 11.8 Å². The fourth-order valence-electron chi connectivity index (χ4n) is 3.25. The highest BCUT2D eigenvalue weighted by Gasteiger charge is 2.20. The summed E-state index contributed by atoms with van der Waals surface area (Å²) < 4.78 is 2.02. The fraction of sp³-hybridized carbons (Fsp3) is 0.412. The third-order valence-electron chi connectivity index (χ3n) is 4.62. The molecule has 0 bridgehead atoms. The van der Waals surface area contributed by atoms with E-state index < -0.39 is 0 Å². The summed E-state index contributed by atoms with van der Waals surface area (Å²) in [6.07, 6.45) is 13.5. The Morgan fingerprint density at radius 2 is 2.00 bits per heavy atom. The molecule has 0 saturated heterocycles. The smallest absolute Gasteiger partial charge is 0.187 e. The topological polar surface area (TPSA) is 94.0 Å². The molecule has 3 heterocycles. The largest absolute Gasteiger partial charge is 0.364 e. The first-order chi connectivity index (χ1) is 12.2. The highest BCUT2D eigenvalue weighted by molar-refractivity contribution is 7.98. The molecular weight excluding hydrogens is 334 g/mol. The van der Waals surface area contributed by atoms with Gasteiger partial charge in [-0.05, 0) is 38.0 Å². The predicted octanol–water partition coefficient (Wildman–Crippen LogP) is 2.59. The summed E-state index contributed by atoms with van der Waals surface area (Å²) in [5.74, 6) is 0.813. The first kappa shape index (κ1) is 16.3. The number of fused-ring (bicyclic) bond motifs is 1. The summed E-state index contributed by atoms with van der Waals surface area (Å²) in [4.78, 5) is 17.9. The summed E-state index contributed by atoms with van der Waals surface area (Å²) >= 11 is 1.53. The van der Waals surface area contributed by atoms with E-state index in [-0.39, 0.29) is 0 Å². The van der Waals surface area contributed by atoms with E-state index in [2.05, 4.69) is 25.3 Å². The Morgan fingerprint density at radius 1 is 1.16 bits per heavy atom. The molecule has 3 aromatic heterocycles. The molecule has 8 heteroatoms. The lowest BCUT2D eigenvalue weighted by atomic mass is 9.92. The van der Waals surface area contributed by atoms with E-state index in [0.29, 0.717) is 12.1 Å². The number of anilines is 1. The van der Waals surface area contributed by atoms with Gasteiger partial charge >= 0.3 is 0 Å². The summed E-state index contributed by atoms with van der Waals surface area (Å²) in [5.41, 5.74) is 8.60. The zero-order valence-electron chi connectivity index (χ0n) is 14.1. The first-order valence-corrected chi connectivity index (χ1v) is 9.68. The van der Waals surface area contributed by atoms with E-state index in [4.69, 9.17) is 5.73 Å². The van der Waals surface area contributed by atoms with E-state index in [0.717, 1.165) is 53.7 Å². The SMILES string of the molecule is CSc1nccc(-c2cnc3c(NC4CCC(N)CC4)nccn23)n1. The fourth-order valence-corrected chi connectivity index (χ4v) is 3.61. The van der Waals surface area contributed by atoms with Crippen LogP contribution in [0.5, 0.6) is 0 Å². The minimum absolute atomic E-state index is 0.336. The average molecular weight is 355 g/mol. The summed E-state index contributed by atoms with van der Waals surface area (Å²) in [6.45, 7) is 0. The van der Waals surface area contributed by atoms with Crippen molar-refractivity contribution < 1.29 is 0 Å². The maximum absolute atomic E-state index is 6.00. The van der Waals surface area contributed by atoms with Crippen LogP contribution in [0.4, 0.5) is 5.82 Å². The van der Waals surface area contributed by atoms with Gasteiger partial charge in [-0.1, -0.05) is 11.8 Å². The van der Waals surface area contributed by atoms with Crippen molar-refractivity contribution in [3.05, 3.63) is 30.9 Å². The Hall–Kier alpha value is -2.19. The summed E-state index contributed by atoms with van der Waals surface area (Å²) in [6, 6.07) is 2.64. The molecule has 0 radical (unpaired) electrons. The van der Waals surface area contributed by atoms with Crippen LogP contribution in [0.3, 0.4) is 0 Å². The number of aromatic nitrogens is 5. The number of nitrogens with one attached hydrogen (secondary N) is 1. The van der Waals surface area contributed by atoms with Crippen LogP contribution in [0.15, 0.2) is 36.0 Å². The van der Waals surface area contributed by atoms with Gasteiger partial charge in [0.25, 0.3) is 0 Å². The van der Waals surface area contributed by atoms with Crippen molar-refractivity contribution in [2.24, 2.45) is 5.73 Å². The van der Waals surface area contributed by atoms with Gasteiger partial charge in [0.15, 0.2) is 16.6 Å². The van der Waals surface area contributed by atoms with Crippen LogP contribution < -0.4 is 11.1 Å². The van der Waals surface area contributed by atoms with Gasteiger partial charge in [-0.2, -0.15) is 0 Å². The molecule has 130 valence electrons. The molecule has 0 spiro atoms. The highest BCUT2D eigenvalue weighted by Crippen LogP contribution is 2.25. The van der Waals surface area contributed by atoms with Gasteiger partial charge in [-0.15, -0.1) is 0 Å². The average Bonchev–Trinajstić information content (AvgIpc) is 3.09. The minimum Gasteiger partial charge on any atom is -0.364 e. The highest BCUT2D eigenvalue weighted by atomic mass is 32.2. The number of hydrogen-bond donors (Lipinski definition) is 2. The molecule has 25 heavy (non-hydrogen) atoms. The van der Waals surface area contributed by atoms with Crippen molar-refractivity contribution in [1.82, 2.24) is 24.3 Å². The van der Waals surface area contributed by atoms with Crippen molar-refractivity contribution in [1.29, 1.82) is 0 Å². The summed E-state index contributed by atoms with van der Waals surface area (Å²) in [7, 11) is 0. The molecule has 0 amide bonds.